The lowest BCUT2D eigenvalue weighted by Crippen LogP contribution is -2.51. The number of rotatable bonds is 6. The highest BCUT2D eigenvalue weighted by Crippen LogP contribution is 2.16. The van der Waals surface area contributed by atoms with E-state index in [1.54, 1.807) is 24.0 Å². The van der Waals surface area contributed by atoms with Gasteiger partial charge in [0, 0.05) is 26.2 Å². The number of piperazine rings is 1. The SMILES string of the molecule is CCS(=O)(=O)N1CCN(C(=O)Cc2ccc(OC(F)F)cc2)CC1. The fourth-order valence-electron chi connectivity index (χ4n) is 2.47. The lowest BCUT2D eigenvalue weighted by molar-refractivity contribution is -0.131. The summed E-state index contributed by atoms with van der Waals surface area (Å²) in [5, 5.41) is 0. The van der Waals surface area contributed by atoms with E-state index in [1.807, 2.05) is 0 Å². The van der Waals surface area contributed by atoms with Crippen LogP contribution < -0.4 is 4.74 Å². The number of sulfonamides is 1. The number of benzene rings is 1. The van der Waals surface area contributed by atoms with E-state index < -0.39 is 16.6 Å². The molecule has 6 nitrogen and oxygen atoms in total. The molecule has 1 aromatic carbocycles. The number of carbonyl (C=O) groups is 1. The molecule has 1 saturated heterocycles. The monoisotopic (exact) mass is 362 g/mol. The Labute approximate surface area is 140 Å². The minimum atomic E-state index is -3.22. The van der Waals surface area contributed by atoms with Gasteiger partial charge < -0.3 is 9.64 Å². The highest BCUT2D eigenvalue weighted by molar-refractivity contribution is 7.89. The molecule has 1 aliphatic rings. The summed E-state index contributed by atoms with van der Waals surface area (Å²) in [6.07, 6.45) is 0.134. The first-order valence-electron chi connectivity index (χ1n) is 7.61. The molecule has 0 unspecified atom stereocenters. The first kappa shape index (κ1) is 18.6. The zero-order valence-electron chi connectivity index (χ0n) is 13.3. The zero-order chi connectivity index (χ0) is 17.7. The van der Waals surface area contributed by atoms with Crippen molar-refractivity contribution in [1.29, 1.82) is 0 Å². The van der Waals surface area contributed by atoms with Gasteiger partial charge in [-0.05, 0) is 24.6 Å². The summed E-state index contributed by atoms with van der Waals surface area (Å²) >= 11 is 0. The van der Waals surface area contributed by atoms with Crippen molar-refractivity contribution in [3.8, 4) is 5.75 Å². The van der Waals surface area contributed by atoms with Gasteiger partial charge in [-0.3, -0.25) is 4.79 Å². The first-order chi connectivity index (χ1) is 11.3. The number of alkyl halides is 2. The lowest BCUT2D eigenvalue weighted by atomic mass is 10.1. The molecule has 1 aromatic rings. The minimum absolute atomic E-state index is 0.0413. The van der Waals surface area contributed by atoms with Gasteiger partial charge in [0.05, 0.1) is 12.2 Å². The average Bonchev–Trinajstić information content (AvgIpc) is 2.56. The van der Waals surface area contributed by atoms with Crippen LogP contribution >= 0.6 is 0 Å². The van der Waals surface area contributed by atoms with Crippen LogP contribution in [0.3, 0.4) is 0 Å². The molecule has 0 saturated carbocycles. The number of hydrogen-bond acceptors (Lipinski definition) is 4. The molecule has 0 aromatic heterocycles. The standard InChI is InChI=1S/C15H20F2N2O4S/c1-2-24(21,22)19-9-7-18(8-10-19)14(20)11-12-3-5-13(6-4-12)23-15(16)17/h3-6,15H,2,7-11H2,1H3. The van der Waals surface area contributed by atoms with Crippen LogP contribution in [0.25, 0.3) is 0 Å². The molecular formula is C15H20F2N2O4S. The molecule has 0 aliphatic carbocycles. The van der Waals surface area contributed by atoms with Gasteiger partial charge in [0.25, 0.3) is 0 Å². The summed E-state index contributed by atoms with van der Waals surface area (Å²) in [6, 6.07) is 5.90. The van der Waals surface area contributed by atoms with Crippen LogP contribution in [0.2, 0.25) is 0 Å². The number of nitrogens with zero attached hydrogens (tertiary/aromatic N) is 2. The Morgan fingerprint density at radius 1 is 1.17 bits per heavy atom. The Bertz CT molecular complexity index is 657. The molecule has 0 bridgehead atoms. The summed E-state index contributed by atoms with van der Waals surface area (Å²) in [5.74, 6) is -0.0285. The maximum absolute atomic E-state index is 12.3. The van der Waals surface area contributed by atoms with E-state index in [0.29, 0.717) is 31.7 Å². The number of ether oxygens (including phenoxy) is 1. The zero-order valence-corrected chi connectivity index (χ0v) is 14.1. The number of halogens is 2. The van der Waals surface area contributed by atoms with E-state index in [0.717, 1.165) is 0 Å². The molecule has 9 heteroatoms. The minimum Gasteiger partial charge on any atom is -0.435 e. The van der Waals surface area contributed by atoms with Gasteiger partial charge in [0.2, 0.25) is 15.9 Å². The Kier molecular flexibility index (Phi) is 6.11. The van der Waals surface area contributed by atoms with Gasteiger partial charge >= 0.3 is 6.61 Å². The van der Waals surface area contributed by atoms with Crippen molar-refractivity contribution in [3.05, 3.63) is 29.8 Å². The van der Waals surface area contributed by atoms with Crippen molar-refractivity contribution >= 4 is 15.9 Å². The van der Waals surface area contributed by atoms with E-state index in [9.17, 15) is 22.0 Å². The van der Waals surface area contributed by atoms with Crippen LogP contribution in [0.1, 0.15) is 12.5 Å². The quantitative estimate of drug-likeness (QED) is 0.766. The number of hydrogen-bond donors (Lipinski definition) is 0. The molecule has 1 aliphatic heterocycles. The predicted octanol–water partition coefficient (Wildman–Crippen LogP) is 1.32. The molecule has 0 radical (unpaired) electrons. The fourth-order valence-corrected chi connectivity index (χ4v) is 3.56. The largest absolute Gasteiger partial charge is 0.435 e. The van der Waals surface area contributed by atoms with Crippen molar-refractivity contribution in [3.63, 3.8) is 0 Å². The van der Waals surface area contributed by atoms with Crippen molar-refractivity contribution in [2.45, 2.75) is 20.0 Å². The molecule has 0 spiro atoms. The third-order valence-electron chi connectivity index (χ3n) is 3.85. The van der Waals surface area contributed by atoms with E-state index >= 15 is 0 Å². The van der Waals surface area contributed by atoms with E-state index in [2.05, 4.69) is 4.74 Å². The van der Waals surface area contributed by atoms with Crippen LogP contribution in [-0.2, 0) is 21.2 Å². The third-order valence-corrected chi connectivity index (χ3v) is 5.73. The summed E-state index contributed by atoms with van der Waals surface area (Å²) in [6.45, 7) is 0.00332. The van der Waals surface area contributed by atoms with Gasteiger partial charge in [0.15, 0.2) is 0 Å². The lowest BCUT2D eigenvalue weighted by Gasteiger charge is -2.33. The Morgan fingerprint density at radius 3 is 2.25 bits per heavy atom. The maximum atomic E-state index is 12.3. The molecule has 2 rings (SSSR count). The van der Waals surface area contributed by atoms with Crippen LogP contribution in [0, 0.1) is 0 Å². The topological polar surface area (TPSA) is 66.9 Å². The molecule has 1 heterocycles. The van der Waals surface area contributed by atoms with Gasteiger partial charge in [-0.1, -0.05) is 12.1 Å². The van der Waals surface area contributed by atoms with Gasteiger partial charge in [0.1, 0.15) is 5.75 Å². The summed E-state index contributed by atoms with van der Waals surface area (Å²) in [7, 11) is -3.22. The second kappa shape index (κ2) is 7.89. The summed E-state index contributed by atoms with van der Waals surface area (Å²) < 4.78 is 53.4. The van der Waals surface area contributed by atoms with E-state index in [1.165, 1.54) is 16.4 Å². The molecule has 1 amide bonds. The Morgan fingerprint density at radius 2 is 1.75 bits per heavy atom. The normalized spacial score (nSPS) is 16.4. The number of carbonyl (C=O) groups excluding carboxylic acids is 1. The Balaban J connectivity index is 1.87. The third kappa shape index (κ3) is 4.88. The van der Waals surface area contributed by atoms with Crippen LogP contribution in [0.15, 0.2) is 24.3 Å². The highest BCUT2D eigenvalue weighted by atomic mass is 32.2. The van der Waals surface area contributed by atoms with Crippen molar-refractivity contribution in [2.75, 3.05) is 31.9 Å². The van der Waals surface area contributed by atoms with E-state index in [-0.39, 0.29) is 23.8 Å². The smallest absolute Gasteiger partial charge is 0.387 e. The second-order valence-electron chi connectivity index (χ2n) is 5.38. The van der Waals surface area contributed by atoms with Crippen molar-refractivity contribution in [2.24, 2.45) is 0 Å². The highest BCUT2D eigenvalue weighted by Gasteiger charge is 2.27. The van der Waals surface area contributed by atoms with Gasteiger partial charge in [-0.2, -0.15) is 13.1 Å². The predicted molar refractivity (Wildman–Crippen MR) is 84.4 cm³/mol. The van der Waals surface area contributed by atoms with Crippen molar-refractivity contribution < 1.29 is 26.7 Å². The number of amides is 1. The molecule has 24 heavy (non-hydrogen) atoms. The van der Waals surface area contributed by atoms with Crippen LogP contribution in [-0.4, -0.2) is 62.1 Å². The average molecular weight is 362 g/mol. The van der Waals surface area contributed by atoms with Gasteiger partial charge in [-0.25, -0.2) is 8.42 Å². The van der Waals surface area contributed by atoms with E-state index in [4.69, 9.17) is 0 Å². The molecule has 1 fully saturated rings. The van der Waals surface area contributed by atoms with Gasteiger partial charge in [-0.15, -0.1) is 0 Å². The Hall–Kier alpha value is -1.74. The summed E-state index contributed by atoms with van der Waals surface area (Å²) in [5.41, 5.74) is 0.685. The molecule has 0 N–H and O–H groups in total. The molecule has 0 atom stereocenters. The maximum Gasteiger partial charge on any atom is 0.387 e. The van der Waals surface area contributed by atoms with Crippen LogP contribution in [0.4, 0.5) is 8.78 Å². The first-order valence-corrected chi connectivity index (χ1v) is 9.22. The molecular weight excluding hydrogens is 342 g/mol. The molecule has 134 valence electrons. The fraction of sp³-hybridized carbons (Fsp3) is 0.533. The van der Waals surface area contributed by atoms with Crippen molar-refractivity contribution in [1.82, 2.24) is 9.21 Å². The van der Waals surface area contributed by atoms with Crippen LogP contribution in [0.5, 0.6) is 5.75 Å². The summed E-state index contributed by atoms with van der Waals surface area (Å²) in [4.78, 5) is 13.9. The second-order valence-corrected chi connectivity index (χ2v) is 7.64.